The molecule has 154 valence electrons. The number of hydrogen-bond donors (Lipinski definition) is 2. The lowest BCUT2D eigenvalue weighted by Gasteiger charge is -2.41. The van der Waals surface area contributed by atoms with Crippen molar-refractivity contribution in [3.63, 3.8) is 0 Å². The number of anilines is 1. The second-order valence-corrected chi connectivity index (χ2v) is 7.88. The standard InChI is InChI=1S/C19H26ClN3O5/c1-28-19(25)13-10-17(23(26)27)15(11-14(13)20)21-12-6-8-22(9-7-12)16-4-2-3-5-18(16)24/h10-12,16,18,21,24H,2-9H2,1H3. The summed E-state index contributed by atoms with van der Waals surface area (Å²) >= 11 is 6.14. The zero-order valence-corrected chi connectivity index (χ0v) is 16.7. The first-order chi connectivity index (χ1) is 13.4. The average molecular weight is 412 g/mol. The van der Waals surface area contributed by atoms with Crippen molar-refractivity contribution in [2.24, 2.45) is 0 Å². The van der Waals surface area contributed by atoms with Gasteiger partial charge in [0.2, 0.25) is 0 Å². The van der Waals surface area contributed by atoms with Crippen LogP contribution in [-0.2, 0) is 4.74 Å². The number of hydrogen-bond acceptors (Lipinski definition) is 7. The summed E-state index contributed by atoms with van der Waals surface area (Å²) in [6, 6.07) is 2.86. The molecule has 2 unspecified atom stereocenters. The maximum atomic E-state index is 11.7. The Kier molecular flexibility index (Phi) is 6.74. The van der Waals surface area contributed by atoms with Gasteiger partial charge in [-0.05, 0) is 31.7 Å². The molecule has 3 rings (SSSR count). The van der Waals surface area contributed by atoms with Gasteiger partial charge in [0.15, 0.2) is 0 Å². The lowest BCUT2D eigenvalue weighted by Crippen LogP contribution is -2.50. The summed E-state index contributed by atoms with van der Waals surface area (Å²) in [4.78, 5) is 25.0. The fraction of sp³-hybridized carbons (Fsp3) is 0.632. The predicted octanol–water partition coefficient (Wildman–Crippen LogP) is 3.21. The van der Waals surface area contributed by atoms with Crippen molar-refractivity contribution in [2.45, 2.75) is 56.7 Å². The molecule has 28 heavy (non-hydrogen) atoms. The number of carbonyl (C=O) groups is 1. The summed E-state index contributed by atoms with van der Waals surface area (Å²) in [5.41, 5.74) is 0.0799. The van der Waals surface area contributed by atoms with Crippen LogP contribution in [0.5, 0.6) is 0 Å². The molecule has 0 amide bonds. The number of nitrogens with zero attached hydrogens (tertiary/aromatic N) is 2. The number of halogens is 1. The second-order valence-electron chi connectivity index (χ2n) is 7.47. The predicted molar refractivity (Wildman–Crippen MR) is 106 cm³/mol. The van der Waals surface area contributed by atoms with Crippen molar-refractivity contribution in [3.8, 4) is 0 Å². The number of nitrogens with one attached hydrogen (secondary N) is 1. The van der Waals surface area contributed by atoms with Gasteiger partial charge < -0.3 is 15.2 Å². The molecule has 0 radical (unpaired) electrons. The van der Waals surface area contributed by atoms with Crippen LogP contribution < -0.4 is 5.32 Å². The summed E-state index contributed by atoms with van der Waals surface area (Å²) in [7, 11) is 1.20. The molecule has 1 aliphatic carbocycles. The van der Waals surface area contributed by atoms with Gasteiger partial charge in [-0.15, -0.1) is 0 Å². The number of rotatable bonds is 5. The Morgan fingerprint density at radius 3 is 2.57 bits per heavy atom. The highest BCUT2D eigenvalue weighted by Crippen LogP contribution is 2.33. The number of methoxy groups -OCH3 is 1. The Morgan fingerprint density at radius 1 is 1.29 bits per heavy atom. The molecule has 8 nitrogen and oxygen atoms in total. The highest BCUT2D eigenvalue weighted by atomic mass is 35.5. The van der Waals surface area contributed by atoms with Crippen LogP contribution in [0, 0.1) is 10.1 Å². The number of carbonyl (C=O) groups excluding carboxylic acids is 1. The van der Waals surface area contributed by atoms with Gasteiger partial charge in [0.1, 0.15) is 5.69 Å². The number of likely N-dealkylation sites (tertiary alicyclic amines) is 1. The fourth-order valence-electron chi connectivity index (χ4n) is 4.21. The van der Waals surface area contributed by atoms with Gasteiger partial charge in [-0.25, -0.2) is 4.79 Å². The first kappa shape index (κ1) is 20.8. The Balaban J connectivity index is 1.68. The van der Waals surface area contributed by atoms with Crippen LogP contribution in [0.4, 0.5) is 11.4 Å². The maximum Gasteiger partial charge on any atom is 0.339 e. The van der Waals surface area contributed by atoms with Crippen molar-refractivity contribution in [2.75, 3.05) is 25.5 Å². The Bertz CT molecular complexity index is 737. The topological polar surface area (TPSA) is 105 Å². The largest absolute Gasteiger partial charge is 0.465 e. The van der Waals surface area contributed by atoms with Crippen LogP contribution >= 0.6 is 11.6 Å². The Hall–Kier alpha value is -1.90. The first-order valence-electron chi connectivity index (χ1n) is 9.65. The lowest BCUT2D eigenvalue weighted by atomic mass is 9.89. The second kappa shape index (κ2) is 9.07. The summed E-state index contributed by atoms with van der Waals surface area (Å²) in [5.74, 6) is -0.709. The van der Waals surface area contributed by atoms with Crippen molar-refractivity contribution in [3.05, 3.63) is 32.8 Å². The molecule has 1 saturated carbocycles. The van der Waals surface area contributed by atoms with E-state index in [1.54, 1.807) is 0 Å². The van der Waals surface area contributed by atoms with Crippen LogP contribution in [0.25, 0.3) is 0 Å². The minimum Gasteiger partial charge on any atom is -0.465 e. The van der Waals surface area contributed by atoms with Crippen LogP contribution in [0.2, 0.25) is 5.02 Å². The van der Waals surface area contributed by atoms with E-state index < -0.39 is 10.9 Å². The van der Waals surface area contributed by atoms with Gasteiger partial charge in [-0.3, -0.25) is 15.0 Å². The smallest absolute Gasteiger partial charge is 0.339 e. The third-order valence-electron chi connectivity index (χ3n) is 5.74. The molecular formula is C19H26ClN3O5. The van der Waals surface area contributed by atoms with E-state index >= 15 is 0 Å². The normalized spacial score (nSPS) is 24.0. The summed E-state index contributed by atoms with van der Waals surface area (Å²) < 4.78 is 4.63. The number of nitro benzene ring substituents is 1. The van der Waals surface area contributed by atoms with Crippen LogP contribution in [0.3, 0.4) is 0 Å². The summed E-state index contributed by atoms with van der Waals surface area (Å²) in [5, 5.41) is 25.1. The summed E-state index contributed by atoms with van der Waals surface area (Å²) in [6.07, 6.45) is 5.49. The molecule has 1 aliphatic heterocycles. The molecule has 1 saturated heterocycles. The van der Waals surface area contributed by atoms with Crippen LogP contribution in [0.1, 0.15) is 48.9 Å². The van der Waals surface area contributed by atoms with Gasteiger partial charge in [0.05, 0.1) is 28.7 Å². The molecule has 1 aromatic carbocycles. The first-order valence-corrected chi connectivity index (χ1v) is 10.0. The number of nitro groups is 1. The van der Waals surface area contributed by atoms with E-state index in [2.05, 4.69) is 15.0 Å². The fourth-order valence-corrected chi connectivity index (χ4v) is 4.45. The van der Waals surface area contributed by atoms with E-state index in [1.165, 1.54) is 13.2 Å². The molecule has 2 aliphatic rings. The number of aliphatic hydroxyl groups is 1. The molecule has 0 aromatic heterocycles. The van der Waals surface area contributed by atoms with Gasteiger partial charge >= 0.3 is 5.97 Å². The minimum absolute atomic E-state index is 0.0254. The van der Waals surface area contributed by atoms with Crippen molar-refractivity contribution in [1.29, 1.82) is 0 Å². The van der Waals surface area contributed by atoms with Crippen molar-refractivity contribution < 1.29 is 19.6 Å². The summed E-state index contributed by atoms with van der Waals surface area (Å²) in [6.45, 7) is 1.67. The zero-order valence-electron chi connectivity index (χ0n) is 15.9. The number of ether oxygens (including phenoxy) is 1. The third-order valence-corrected chi connectivity index (χ3v) is 6.05. The number of aliphatic hydroxyl groups excluding tert-OH is 1. The van der Waals surface area contributed by atoms with E-state index in [9.17, 15) is 20.0 Å². The number of esters is 1. The van der Waals surface area contributed by atoms with Crippen LogP contribution in [0.15, 0.2) is 12.1 Å². The zero-order chi connectivity index (χ0) is 20.3. The van der Waals surface area contributed by atoms with Gasteiger partial charge in [-0.2, -0.15) is 0 Å². The maximum absolute atomic E-state index is 11.7. The average Bonchev–Trinajstić information content (AvgIpc) is 2.68. The molecule has 2 N–H and O–H groups in total. The molecule has 2 fully saturated rings. The van der Waals surface area contributed by atoms with E-state index in [1.807, 2.05) is 0 Å². The number of benzene rings is 1. The third kappa shape index (κ3) is 4.56. The molecule has 9 heteroatoms. The quantitative estimate of drug-likeness (QED) is 0.435. The molecule has 1 aromatic rings. The lowest BCUT2D eigenvalue weighted by molar-refractivity contribution is -0.384. The van der Waals surface area contributed by atoms with Crippen molar-refractivity contribution in [1.82, 2.24) is 4.90 Å². The Morgan fingerprint density at radius 2 is 1.96 bits per heavy atom. The van der Waals surface area contributed by atoms with E-state index in [-0.39, 0.29) is 34.5 Å². The highest BCUT2D eigenvalue weighted by Gasteiger charge is 2.32. The van der Waals surface area contributed by atoms with Gasteiger partial charge in [-0.1, -0.05) is 24.4 Å². The van der Waals surface area contributed by atoms with Crippen molar-refractivity contribution >= 4 is 28.9 Å². The molecule has 0 bridgehead atoms. The molecular weight excluding hydrogens is 386 g/mol. The Labute approximate surface area is 168 Å². The minimum atomic E-state index is -0.709. The highest BCUT2D eigenvalue weighted by molar-refractivity contribution is 6.34. The molecule has 0 spiro atoms. The van der Waals surface area contributed by atoms with E-state index in [4.69, 9.17) is 11.6 Å². The monoisotopic (exact) mass is 411 g/mol. The molecule has 1 heterocycles. The SMILES string of the molecule is COC(=O)c1cc([N+](=O)[O-])c(NC2CCN(C3CCCCC3O)CC2)cc1Cl. The van der Waals surface area contributed by atoms with Gasteiger partial charge in [0, 0.05) is 31.2 Å². The number of piperidine rings is 1. The molecule has 2 atom stereocenters. The van der Waals surface area contributed by atoms with Gasteiger partial charge in [0.25, 0.3) is 5.69 Å². The van der Waals surface area contributed by atoms with E-state index in [0.29, 0.717) is 5.69 Å². The van der Waals surface area contributed by atoms with E-state index in [0.717, 1.165) is 57.7 Å². The van der Waals surface area contributed by atoms with Crippen LogP contribution in [-0.4, -0.2) is 59.3 Å².